The molecule has 1 aromatic carbocycles. The standard InChI is InChI=1S/C12H17NO3/c1-4-16-11(14)12(2,13)9-7-5-6-8-10(9)15-3/h5-8H,4,13H2,1-3H3. The summed E-state index contributed by atoms with van der Waals surface area (Å²) < 4.78 is 10.1. The first-order valence-electron chi connectivity index (χ1n) is 5.13. The fourth-order valence-corrected chi connectivity index (χ4v) is 1.46. The van der Waals surface area contributed by atoms with Crippen molar-refractivity contribution in [1.82, 2.24) is 0 Å². The molecule has 0 saturated heterocycles. The molecule has 88 valence electrons. The summed E-state index contributed by atoms with van der Waals surface area (Å²) in [4.78, 5) is 11.7. The molecule has 1 atom stereocenters. The van der Waals surface area contributed by atoms with Gasteiger partial charge in [0.05, 0.1) is 13.7 Å². The van der Waals surface area contributed by atoms with Crippen LogP contribution in [0.15, 0.2) is 24.3 Å². The van der Waals surface area contributed by atoms with Crippen LogP contribution in [0, 0.1) is 0 Å². The average Bonchev–Trinajstić information content (AvgIpc) is 2.29. The maximum Gasteiger partial charge on any atom is 0.330 e. The third-order valence-corrected chi connectivity index (χ3v) is 2.37. The summed E-state index contributed by atoms with van der Waals surface area (Å²) in [6, 6.07) is 7.15. The highest BCUT2D eigenvalue weighted by molar-refractivity contribution is 5.82. The maximum absolute atomic E-state index is 11.7. The van der Waals surface area contributed by atoms with Crippen molar-refractivity contribution in [3.05, 3.63) is 29.8 Å². The van der Waals surface area contributed by atoms with Crippen molar-refractivity contribution in [1.29, 1.82) is 0 Å². The molecule has 16 heavy (non-hydrogen) atoms. The Morgan fingerprint density at radius 3 is 2.62 bits per heavy atom. The number of ether oxygens (including phenoxy) is 2. The van der Waals surface area contributed by atoms with Gasteiger partial charge in [0.1, 0.15) is 11.3 Å². The van der Waals surface area contributed by atoms with E-state index in [-0.39, 0.29) is 0 Å². The van der Waals surface area contributed by atoms with Crippen LogP contribution in [-0.4, -0.2) is 19.7 Å². The van der Waals surface area contributed by atoms with Gasteiger partial charge in [0.2, 0.25) is 0 Å². The minimum atomic E-state index is -1.19. The van der Waals surface area contributed by atoms with Crippen LogP contribution >= 0.6 is 0 Å². The largest absolute Gasteiger partial charge is 0.496 e. The van der Waals surface area contributed by atoms with E-state index in [1.165, 1.54) is 0 Å². The molecule has 0 aliphatic carbocycles. The molecule has 1 aromatic rings. The molecule has 0 amide bonds. The van der Waals surface area contributed by atoms with Crippen LogP contribution in [0.2, 0.25) is 0 Å². The van der Waals surface area contributed by atoms with Gasteiger partial charge in [-0.05, 0) is 19.9 Å². The highest BCUT2D eigenvalue weighted by atomic mass is 16.5. The van der Waals surface area contributed by atoms with Gasteiger partial charge < -0.3 is 15.2 Å². The van der Waals surface area contributed by atoms with E-state index >= 15 is 0 Å². The van der Waals surface area contributed by atoms with E-state index in [4.69, 9.17) is 15.2 Å². The van der Waals surface area contributed by atoms with Gasteiger partial charge in [-0.25, -0.2) is 4.79 Å². The molecule has 0 aliphatic rings. The zero-order valence-electron chi connectivity index (χ0n) is 9.82. The predicted molar refractivity (Wildman–Crippen MR) is 61.2 cm³/mol. The second-order valence-electron chi connectivity index (χ2n) is 3.62. The summed E-state index contributed by atoms with van der Waals surface area (Å²) in [5.74, 6) is 0.125. The monoisotopic (exact) mass is 223 g/mol. The summed E-state index contributed by atoms with van der Waals surface area (Å²) in [6.07, 6.45) is 0. The lowest BCUT2D eigenvalue weighted by molar-refractivity contribution is -0.149. The van der Waals surface area contributed by atoms with Crippen molar-refractivity contribution in [3.63, 3.8) is 0 Å². The maximum atomic E-state index is 11.7. The highest BCUT2D eigenvalue weighted by Crippen LogP contribution is 2.28. The van der Waals surface area contributed by atoms with E-state index in [1.807, 2.05) is 12.1 Å². The first kappa shape index (κ1) is 12.5. The molecule has 1 unspecified atom stereocenters. The topological polar surface area (TPSA) is 61.5 Å². The molecule has 4 nitrogen and oxygen atoms in total. The molecular weight excluding hydrogens is 206 g/mol. The number of rotatable bonds is 4. The van der Waals surface area contributed by atoms with E-state index in [2.05, 4.69) is 0 Å². The highest BCUT2D eigenvalue weighted by Gasteiger charge is 2.34. The minimum Gasteiger partial charge on any atom is -0.496 e. The molecule has 0 bridgehead atoms. The van der Waals surface area contributed by atoms with Gasteiger partial charge in [0, 0.05) is 5.56 Å². The van der Waals surface area contributed by atoms with E-state index in [9.17, 15) is 4.79 Å². The lowest BCUT2D eigenvalue weighted by atomic mass is 9.92. The number of methoxy groups -OCH3 is 1. The lowest BCUT2D eigenvalue weighted by Gasteiger charge is -2.24. The van der Waals surface area contributed by atoms with Crippen LogP contribution in [0.5, 0.6) is 5.75 Å². The number of para-hydroxylation sites is 1. The molecule has 0 saturated carbocycles. The van der Waals surface area contributed by atoms with Crippen LogP contribution in [0.1, 0.15) is 19.4 Å². The van der Waals surface area contributed by atoms with Crippen molar-refractivity contribution in [2.75, 3.05) is 13.7 Å². The molecule has 0 fully saturated rings. The summed E-state index contributed by atoms with van der Waals surface area (Å²) in [5, 5.41) is 0. The van der Waals surface area contributed by atoms with Crippen molar-refractivity contribution < 1.29 is 14.3 Å². The molecule has 0 aliphatic heterocycles. The van der Waals surface area contributed by atoms with Crippen molar-refractivity contribution in [2.45, 2.75) is 19.4 Å². The van der Waals surface area contributed by atoms with Gasteiger partial charge in [-0.15, -0.1) is 0 Å². The lowest BCUT2D eigenvalue weighted by Crippen LogP contribution is -2.43. The summed E-state index contributed by atoms with van der Waals surface area (Å²) in [6.45, 7) is 3.67. The molecular formula is C12H17NO3. The van der Waals surface area contributed by atoms with Gasteiger partial charge in [-0.3, -0.25) is 0 Å². The second-order valence-corrected chi connectivity index (χ2v) is 3.62. The van der Waals surface area contributed by atoms with Crippen molar-refractivity contribution >= 4 is 5.97 Å². The predicted octanol–water partition coefficient (Wildman–Crippen LogP) is 1.43. The third-order valence-electron chi connectivity index (χ3n) is 2.37. The van der Waals surface area contributed by atoms with Crippen LogP contribution in [0.3, 0.4) is 0 Å². The zero-order chi connectivity index (χ0) is 12.2. The Labute approximate surface area is 95.3 Å². The number of hydrogen-bond acceptors (Lipinski definition) is 4. The molecule has 2 N–H and O–H groups in total. The van der Waals surface area contributed by atoms with E-state index in [0.717, 1.165) is 0 Å². The average molecular weight is 223 g/mol. The molecule has 1 rings (SSSR count). The van der Waals surface area contributed by atoms with Crippen molar-refractivity contribution in [2.24, 2.45) is 5.73 Å². The Morgan fingerprint density at radius 1 is 1.44 bits per heavy atom. The quantitative estimate of drug-likeness (QED) is 0.784. The first-order chi connectivity index (χ1) is 7.54. The number of carbonyl (C=O) groups excluding carboxylic acids is 1. The van der Waals surface area contributed by atoms with E-state index < -0.39 is 11.5 Å². The van der Waals surface area contributed by atoms with Crippen LogP contribution in [0.25, 0.3) is 0 Å². The van der Waals surface area contributed by atoms with Crippen LogP contribution in [-0.2, 0) is 15.1 Å². The molecule has 0 radical (unpaired) electrons. The summed E-state index contributed by atoms with van der Waals surface area (Å²) in [7, 11) is 1.54. The van der Waals surface area contributed by atoms with Crippen LogP contribution < -0.4 is 10.5 Å². The SMILES string of the molecule is CCOC(=O)C(C)(N)c1ccccc1OC. The molecule has 0 aromatic heterocycles. The normalized spacial score (nSPS) is 14.0. The van der Waals surface area contributed by atoms with Gasteiger partial charge in [0.25, 0.3) is 0 Å². The number of benzene rings is 1. The number of nitrogens with two attached hydrogens (primary N) is 1. The molecule has 0 spiro atoms. The number of esters is 1. The Balaban J connectivity index is 3.10. The Bertz CT molecular complexity index is 374. The number of hydrogen-bond donors (Lipinski definition) is 1. The van der Waals surface area contributed by atoms with Crippen LogP contribution in [0.4, 0.5) is 0 Å². The Morgan fingerprint density at radius 2 is 2.06 bits per heavy atom. The Kier molecular flexibility index (Phi) is 3.90. The third kappa shape index (κ3) is 2.33. The Hall–Kier alpha value is -1.55. The van der Waals surface area contributed by atoms with Crippen molar-refractivity contribution in [3.8, 4) is 5.75 Å². The molecule has 4 heteroatoms. The van der Waals surface area contributed by atoms with Gasteiger partial charge in [0.15, 0.2) is 0 Å². The van der Waals surface area contributed by atoms with Gasteiger partial charge >= 0.3 is 5.97 Å². The summed E-state index contributed by atoms with van der Waals surface area (Å²) >= 11 is 0. The number of carbonyl (C=O) groups is 1. The second kappa shape index (κ2) is 4.99. The minimum absolute atomic E-state index is 0.306. The van der Waals surface area contributed by atoms with E-state index in [1.54, 1.807) is 33.1 Å². The van der Waals surface area contributed by atoms with Gasteiger partial charge in [-0.2, -0.15) is 0 Å². The molecule has 0 heterocycles. The summed E-state index contributed by atoms with van der Waals surface area (Å²) in [5.41, 5.74) is 5.42. The smallest absolute Gasteiger partial charge is 0.330 e. The fourth-order valence-electron chi connectivity index (χ4n) is 1.46. The fraction of sp³-hybridized carbons (Fsp3) is 0.417. The van der Waals surface area contributed by atoms with Gasteiger partial charge in [-0.1, -0.05) is 18.2 Å². The first-order valence-corrected chi connectivity index (χ1v) is 5.13. The zero-order valence-corrected chi connectivity index (χ0v) is 9.82. The van der Waals surface area contributed by atoms with E-state index in [0.29, 0.717) is 17.9 Å².